The molecule has 0 amide bonds. The molecule has 3 aromatic carbocycles. The summed E-state index contributed by atoms with van der Waals surface area (Å²) >= 11 is 0. The molecule has 0 spiro atoms. The zero-order chi connectivity index (χ0) is 22.1. The van der Waals surface area contributed by atoms with Gasteiger partial charge in [-0.05, 0) is 72.0 Å². The molecule has 5 aromatic rings. The molecular formula is C29H23N3O. The molecule has 1 aliphatic carbocycles. The van der Waals surface area contributed by atoms with Crippen LogP contribution >= 0.6 is 0 Å². The number of hydrogen-bond donors (Lipinski definition) is 0. The molecule has 0 atom stereocenters. The number of hydrogen-bond acceptors (Lipinski definition) is 3. The number of pyridine rings is 1. The van der Waals surface area contributed by atoms with Crippen molar-refractivity contribution in [1.29, 1.82) is 0 Å². The van der Waals surface area contributed by atoms with Crippen LogP contribution in [0.5, 0.6) is 11.5 Å². The lowest BCUT2D eigenvalue weighted by Gasteiger charge is -2.29. The molecule has 0 saturated heterocycles. The highest BCUT2D eigenvalue weighted by atomic mass is 16.5. The molecule has 33 heavy (non-hydrogen) atoms. The van der Waals surface area contributed by atoms with Crippen molar-refractivity contribution in [2.24, 2.45) is 0 Å². The Morgan fingerprint density at radius 2 is 1.45 bits per heavy atom. The number of aromatic nitrogens is 3. The molecule has 6 rings (SSSR count). The van der Waals surface area contributed by atoms with Crippen LogP contribution in [0.3, 0.4) is 0 Å². The van der Waals surface area contributed by atoms with Crippen LogP contribution in [0.15, 0.2) is 116 Å². The van der Waals surface area contributed by atoms with Crippen molar-refractivity contribution in [2.75, 3.05) is 0 Å². The van der Waals surface area contributed by atoms with Crippen molar-refractivity contribution in [3.8, 4) is 17.2 Å². The summed E-state index contributed by atoms with van der Waals surface area (Å²) < 4.78 is 8.14. The summed E-state index contributed by atoms with van der Waals surface area (Å²) in [5.41, 5.74) is 5.85. The van der Waals surface area contributed by atoms with E-state index in [2.05, 4.69) is 59.7 Å². The van der Waals surface area contributed by atoms with Crippen LogP contribution in [0, 0.1) is 0 Å². The van der Waals surface area contributed by atoms with E-state index in [9.17, 15) is 0 Å². The van der Waals surface area contributed by atoms with Gasteiger partial charge < -0.3 is 4.74 Å². The van der Waals surface area contributed by atoms with Crippen molar-refractivity contribution in [2.45, 2.75) is 18.3 Å². The molecule has 1 aliphatic rings. The molecule has 0 fully saturated rings. The Hall–Kier alpha value is -4.18. The molecule has 4 nitrogen and oxygen atoms in total. The minimum absolute atomic E-state index is 0.207. The maximum absolute atomic E-state index is 6.31. The van der Waals surface area contributed by atoms with Crippen LogP contribution in [0.25, 0.3) is 5.69 Å². The van der Waals surface area contributed by atoms with Gasteiger partial charge in [0.15, 0.2) is 0 Å². The summed E-state index contributed by atoms with van der Waals surface area (Å²) in [7, 11) is 0. The number of fused-ring (bicyclic) bond motifs is 1. The molecule has 0 aliphatic heterocycles. The van der Waals surface area contributed by atoms with Crippen molar-refractivity contribution in [3.05, 3.63) is 138 Å². The van der Waals surface area contributed by atoms with E-state index in [0.29, 0.717) is 0 Å². The number of nitrogens with zero attached hydrogens (tertiary/aromatic N) is 3. The number of ether oxygens (including phenoxy) is 1. The van der Waals surface area contributed by atoms with Gasteiger partial charge in [0.1, 0.15) is 11.5 Å². The second-order valence-electron chi connectivity index (χ2n) is 8.50. The zero-order valence-electron chi connectivity index (χ0n) is 18.1. The van der Waals surface area contributed by atoms with Crippen LogP contribution in [-0.2, 0) is 18.3 Å². The van der Waals surface area contributed by atoms with Crippen LogP contribution in [0.4, 0.5) is 0 Å². The fraction of sp³-hybridized carbons (Fsp3) is 0.103. The minimum Gasteiger partial charge on any atom is -0.457 e. The molecular weight excluding hydrogens is 406 g/mol. The summed E-state index contributed by atoms with van der Waals surface area (Å²) in [4.78, 5) is 4.80. The van der Waals surface area contributed by atoms with Crippen LogP contribution in [0.1, 0.15) is 22.4 Å². The summed E-state index contributed by atoms with van der Waals surface area (Å²) in [6.45, 7) is 0. The molecule has 0 N–H and O–H groups in total. The van der Waals surface area contributed by atoms with Gasteiger partial charge >= 0.3 is 0 Å². The van der Waals surface area contributed by atoms with Crippen molar-refractivity contribution < 1.29 is 4.74 Å². The fourth-order valence-corrected chi connectivity index (χ4v) is 4.90. The molecule has 0 saturated carbocycles. The van der Waals surface area contributed by atoms with Gasteiger partial charge in [-0.3, -0.25) is 4.98 Å². The number of rotatable bonds is 5. The van der Waals surface area contributed by atoms with E-state index in [1.807, 2.05) is 59.5 Å². The zero-order valence-corrected chi connectivity index (χ0v) is 18.1. The molecule has 2 aromatic heterocycles. The Morgan fingerprint density at radius 3 is 2.18 bits per heavy atom. The molecule has 0 unspecified atom stereocenters. The third kappa shape index (κ3) is 3.60. The maximum Gasteiger partial charge on any atom is 0.129 e. The quantitative estimate of drug-likeness (QED) is 0.337. The second kappa shape index (κ2) is 8.06. The smallest absolute Gasteiger partial charge is 0.129 e. The summed E-state index contributed by atoms with van der Waals surface area (Å²) in [5.74, 6) is 1.60. The van der Waals surface area contributed by atoms with Gasteiger partial charge in [-0.1, -0.05) is 48.5 Å². The average molecular weight is 430 g/mol. The van der Waals surface area contributed by atoms with Crippen LogP contribution in [0.2, 0.25) is 0 Å². The molecule has 2 heterocycles. The third-order valence-electron chi connectivity index (χ3n) is 6.47. The minimum atomic E-state index is -0.207. The third-order valence-corrected chi connectivity index (χ3v) is 6.47. The monoisotopic (exact) mass is 429 g/mol. The predicted molar refractivity (Wildman–Crippen MR) is 129 cm³/mol. The van der Waals surface area contributed by atoms with Gasteiger partial charge in [0.05, 0.1) is 11.4 Å². The number of benzene rings is 3. The van der Waals surface area contributed by atoms with Gasteiger partial charge in [0, 0.05) is 30.1 Å². The molecule has 0 bridgehead atoms. The normalized spacial score (nSPS) is 14.1. The lowest BCUT2D eigenvalue weighted by molar-refractivity contribution is 0.475. The Balaban J connectivity index is 1.37. The largest absolute Gasteiger partial charge is 0.457 e. The molecule has 4 heteroatoms. The van der Waals surface area contributed by atoms with Crippen molar-refractivity contribution >= 4 is 0 Å². The standard InChI is InChI=1S/C29H23N3O/c1-2-9-23-21-29(20-22(23)8-1,28-14-3-4-15-30-28)24-10-5-12-26(18-24)33-27-13-6-11-25(19-27)32-17-7-16-31-32/h1-19H,20-21H2. The van der Waals surface area contributed by atoms with E-state index >= 15 is 0 Å². The first-order chi connectivity index (χ1) is 16.3. The summed E-state index contributed by atoms with van der Waals surface area (Å²) in [5, 5.41) is 4.32. The van der Waals surface area contributed by atoms with E-state index in [1.54, 1.807) is 6.20 Å². The molecule has 0 radical (unpaired) electrons. The van der Waals surface area contributed by atoms with Gasteiger partial charge in [-0.25, -0.2) is 4.68 Å². The SMILES string of the molecule is c1ccc(C2(c3cccc(Oc4cccc(-n5cccn5)c4)c3)Cc3ccccc3C2)nc1. The van der Waals surface area contributed by atoms with E-state index in [-0.39, 0.29) is 5.41 Å². The van der Waals surface area contributed by atoms with Gasteiger partial charge in [-0.2, -0.15) is 5.10 Å². The fourth-order valence-electron chi connectivity index (χ4n) is 4.90. The van der Waals surface area contributed by atoms with E-state index in [4.69, 9.17) is 9.72 Å². The second-order valence-corrected chi connectivity index (χ2v) is 8.50. The highest BCUT2D eigenvalue weighted by Crippen LogP contribution is 2.45. The van der Waals surface area contributed by atoms with Gasteiger partial charge in [-0.15, -0.1) is 0 Å². The van der Waals surface area contributed by atoms with Crippen LogP contribution < -0.4 is 4.74 Å². The topological polar surface area (TPSA) is 39.9 Å². The Morgan fingerprint density at radius 1 is 0.697 bits per heavy atom. The Kier molecular flexibility index (Phi) is 4.76. The highest BCUT2D eigenvalue weighted by Gasteiger charge is 2.41. The summed E-state index contributed by atoms with van der Waals surface area (Å²) in [6, 6.07) is 33.3. The van der Waals surface area contributed by atoms with E-state index < -0.39 is 0 Å². The van der Waals surface area contributed by atoms with Crippen molar-refractivity contribution in [1.82, 2.24) is 14.8 Å². The first kappa shape index (κ1) is 19.5. The lowest BCUT2D eigenvalue weighted by Crippen LogP contribution is -2.29. The summed E-state index contributed by atoms with van der Waals surface area (Å²) in [6.07, 6.45) is 7.44. The first-order valence-electron chi connectivity index (χ1n) is 11.2. The van der Waals surface area contributed by atoms with Crippen molar-refractivity contribution in [3.63, 3.8) is 0 Å². The highest BCUT2D eigenvalue weighted by molar-refractivity contribution is 5.50. The Bertz CT molecular complexity index is 1370. The van der Waals surface area contributed by atoms with Gasteiger partial charge in [0.2, 0.25) is 0 Å². The maximum atomic E-state index is 6.31. The average Bonchev–Trinajstić information content (AvgIpc) is 3.54. The Labute approximate surface area is 193 Å². The predicted octanol–water partition coefficient (Wildman–Crippen LogP) is 6.14. The van der Waals surface area contributed by atoms with E-state index in [0.717, 1.165) is 35.7 Å². The molecule has 160 valence electrons. The lowest BCUT2D eigenvalue weighted by atomic mass is 9.74. The van der Waals surface area contributed by atoms with E-state index in [1.165, 1.54) is 16.7 Å². The first-order valence-corrected chi connectivity index (χ1v) is 11.2. The van der Waals surface area contributed by atoms with Crippen LogP contribution in [-0.4, -0.2) is 14.8 Å². The van der Waals surface area contributed by atoms with Gasteiger partial charge in [0.25, 0.3) is 0 Å².